The molecule has 0 radical (unpaired) electrons. The largest absolute Gasteiger partial charge is 0.300 e. The van der Waals surface area contributed by atoms with E-state index in [2.05, 4.69) is 10.2 Å². The third-order valence-electron chi connectivity index (χ3n) is 1.99. The molecule has 2 rings (SSSR count). The number of rotatable bonds is 2. The van der Waals surface area contributed by atoms with E-state index in [1.54, 1.807) is 0 Å². The Balaban J connectivity index is 2.47. The summed E-state index contributed by atoms with van der Waals surface area (Å²) in [5.41, 5.74) is 0.0377. The molecule has 0 spiro atoms. The van der Waals surface area contributed by atoms with E-state index in [-0.39, 0.29) is 11.4 Å². The first-order chi connectivity index (χ1) is 7.09. The van der Waals surface area contributed by atoms with E-state index in [0.29, 0.717) is 5.57 Å². The number of fused-ring (bicyclic) bond motifs is 1. The topological polar surface area (TPSA) is 111 Å². The first-order valence-corrected chi connectivity index (χ1v) is 3.93. The van der Waals surface area contributed by atoms with Crippen molar-refractivity contribution < 1.29 is 9.85 Å². The molecule has 15 heavy (non-hydrogen) atoms. The molecule has 0 bridgehead atoms. The molecule has 1 heterocycles. The summed E-state index contributed by atoms with van der Waals surface area (Å²) in [6, 6.07) is -1.19. The van der Waals surface area contributed by atoms with Crippen LogP contribution in [-0.2, 0) is 0 Å². The fraction of sp³-hybridized carbons (Fsp3) is 0.143. The van der Waals surface area contributed by atoms with Gasteiger partial charge in [-0.05, 0) is 0 Å². The first-order valence-electron chi connectivity index (χ1n) is 3.93. The predicted molar refractivity (Wildman–Crippen MR) is 49.9 cm³/mol. The van der Waals surface area contributed by atoms with Crippen molar-refractivity contribution in [3.8, 4) is 0 Å². The van der Waals surface area contributed by atoms with E-state index in [1.165, 1.54) is 12.3 Å². The maximum absolute atomic E-state index is 10.6. The van der Waals surface area contributed by atoms with Gasteiger partial charge in [0.05, 0.1) is 17.2 Å². The third kappa shape index (κ3) is 1.41. The van der Waals surface area contributed by atoms with Crippen molar-refractivity contribution in [2.45, 2.75) is 6.04 Å². The highest BCUT2D eigenvalue weighted by Crippen LogP contribution is 2.20. The van der Waals surface area contributed by atoms with Gasteiger partial charge >= 0.3 is 5.70 Å². The summed E-state index contributed by atoms with van der Waals surface area (Å²) in [5, 5.41) is 28.2. The minimum absolute atomic E-state index is 0.0816. The molecule has 8 nitrogen and oxygen atoms in total. The molecule has 0 amide bonds. The van der Waals surface area contributed by atoms with Crippen LogP contribution in [0.4, 0.5) is 0 Å². The van der Waals surface area contributed by atoms with Crippen LogP contribution in [0.15, 0.2) is 33.6 Å². The number of nitro groups is 2. The molecule has 0 fully saturated rings. The van der Waals surface area contributed by atoms with E-state index in [4.69, 9.17) is 0 Å². The zero-order chi connectivity index (χ0) is 11.0. The monoisotopic (exact) mass is 208 g/mol. The van der Waals surface area contributed by atoms with Gasteiger partial charge in [-0.15, -0.1) is 5.10 Å². The zero-order valence-electron chi connectivity index (χ0n) is 7.23. The molecule has 1 unspecified atom stereocenters. The summed E-state index contributed by atoms with van der Waals surface area (Å²) in [4.78, 5) is 19.8. The summed E-state index contributed by atoms with van der Waals surface area (Å²) in [6.07, 6.45) is 3.50. The van der Waals surface area contributed by atoms with Crippen LogP contribution in [0, 0.1) is 20.2 Å². The minimum atomic E-state index is -1.19. The Morgan fingerprint density at radius 3 is 2.60 bits per heavy atom. The zero-order valence-corrected chi connectivity index (χ0v) is 7.23. The number of nitrogens with zero attached hydrogens (tertiary/aromatic N) is 4. The maximum Gasteiger partial charge on any atom is 0.300 e. The van der Waals surface area contributed by atoms with Gasteiger partial charge in [0.15, 0.2) is 5.71 Å². The summed E-state index contributed by atoms with van der Waals surface area (Å²) >= 11 is 0. The second-order valence-corrected chi connectivity index (χ2v) is 2.90. The number of hydrogen-bond donors (Lipinski definition) is 0. The molecule has 1 aliphatic carbocycles. The maximum atomic E-state index is 10.6. The molecular weight excluding hydrogens is 204 g/mol. The lowest BCUT2D eigenvalue weighted by Gasteiger charge is -2.07. The fourth-order valence-corrected chi connectivity index (χ4v) is 1.33. The highest BCUT2D eigenvalue weighted by Gasteiger charge is 2.34. The molecule has 1 aliphatic heterocycles. The predicted octanol–water partition coefficient (Wildman–Crippen LogP) is 0.173. The molecule has 1 atom stereocenters. The van der Waals surface area contributed by atoms with Gasteiger partial charge in [-0.1, -0.05) is 0 Å². The van der Waals surface area contributed by atoms with Crippen LogP contribution >= 0.6 is 0 Å². The number of hydrogen-bond acceptors (Lipinski definition) is 6. The van der Waals surface area contributed by atoms with Crippen molar-refractivity contribution in [1.82, 2.24) is 0 Å². The van der Waals surface area contributed by atoms with Crippen molar-refractivity contribution in [3.05, 3.63) is 43.7 Å². The van der Waals surface area contributed by atoms with Gasteiger partial charge in [-0.2, -0.15) is 5.10 Å². The quantitative estimate of drug-likeness (QED) is 0.475. The lowest BCUT2D eigenvalue weighted by molar-refractivity contribution is -0.499. The molecule has 8 heteroatoms. The Hall–Kier alpha value is -2.38. The second kappa shape index (κ2) is 3.08. The van der Waals surface area contributed by atoms with Gasteiger partial charge in [0, 0.05) is 16.6 Å². The van der Waals surface area contributed by atoms with Crippen LogP contribution in [0.2, 0.25) is 0 Å². The summed E-state index contributed by atoms with van der Waals surface area (Å²) in [7, 11) is 0. The average molecular weight is 208 g/mol. The summed E-state index contributed by atoms with van der Waals surface area (Å²) in [5.74, 6) is 0. The van der Waals surface area contributed by atoms with Crippen LogP contribution in [0.25, 0.3) is 0 Å². The lowest BCUT2D eigenvalue weighted by Crippen LogP contribution is -2.25. The van der Waals surface area contributed by atoms with Crippen molar-refractivity contribution >= 4 is 11.9 Å². The highest BCUT2D eigenvalue weighted by atomic mass is 16.6. The van der Waals surface area contributed by atoms with Gasteiger partial charge in [-0.3, -0.25) is 20.2 Å². The molecule has 0 aromatic carbocycles. The van der Waals surface area contributed by atoms with Crippen LogP contribution in [0.5, 0.6) is 0 Å². The van der Waals surface area contributed by atoms with Crippen molar-refractivity contribution in [2.24, 2.45) is 10.2 Å². The molecule has 0 N–H and O–H groups in total. The Bertz CT molecular complexity index is 473. The minimum Gasteiger partial charge on any atom is -0.264 e. The SMILES string of the molecule is O=[N+]([O-])C1=CC([N+](=O)[O-])C=C2C=NN=C21. The van der Waals surface area contributed by atoms with Crippen LogP contribution in [-0.4, -0.2) is 27.8 Å². The Kier molecular flexibility index (Phi) is 1.89. The van der Waals surface area contributed by atoms with E-state index in [1.807, 2.05) is 0 Å². The van der Waals surface area contributed by atoms with E-state index in [9.17, 15) is 20.2 Å². The molecule has 0 aromatic rings. The average Bonchev–Trinajstić information content (AvgIpc) is 2.62. The van der Waals surface area contributed by atoms with E-state index in [0.717, 1.165) is 6.08 Å². The molecular formula is C7H4N4O4. The normalized spacial score (nSPS) is 22.7. The van der Waals surface area contributed by atoms with Crippen LogP contribution < -0.4 is 0 Å². The third-order valence-corrected chi connectivity index (χ3v) is 1.99. The summed E-state index contributed by atoms with van der Waals surface area (Å²) in [6.45, 7) is 0. The Morgan fingerprint density at radius 1 is 1.27 bits per heavy atom. The van der Waals surface area contributed by atoms with Crippen molar-refractivity contribution in [3.63, 3.8) is 0 Å². The van der Waals surface area contributed by atoms with Gasteiger partial charge in [-0.25, -0.2) is 0 Å². The van der Waals surface area contributed by atoms with Gasteiger partial charge in [0.2, 0.25) is 0 Å². The van der Waals surface area contributed by atoms with Gasteiger partial charge in [0.1, 0.15) is 0 Å². The van der Waals surface area contributed by atoms with Crippen molar-refractivity contribution in [1.29, 1.82) is 0 Å². The standard InChI is InChI=1S/C7H4N4O4/c12-10(13)5-1-4-3-8-9-7(4)6(2-5)11(14)15/h1-3,5H. The van der Waals surface area contributed by atoms with Gasteiger partial charge in [0.25, 0.3) is 6.04 Å². The Morgan fingerprint density at radius 2 is 2.00 bits per heavy atom. The Labute approximate surface area is 82.6 Å². The van der Waals surface area contributed by atoms with E-state index >= 15 is 0 Å². The molecule has 0 saturated heterocycles. The van der Waals surface area contributed by atoms with Crippen LogP contribution in [0.1, 0.15) is 0 Å². The molecule has 0 saturated carbocycles. The van der Waals surface area contributed by atoms with E-state index < -0.39 is 15.9 Å². The smallest absolute Gasteiger partial charge is 0.264 e. The van der Waals surface area contributed by atoms with Gasteiger partial charge < -0.3 is 0 Å². The molecule has 2 aliphatic rings. The fourth-order valence-electron chi connectivity index (χ4n) is 1.33. The van der Waals surface area contributed by atoms with Crippen LogP contribution in [0.3, 0.4) is 0 Å². The summed E-state index contributed by atoms with van der Waals surface area (Å²) < 4.78 is 0. The number of allylic oxidation sites excluding steroid dienone is 1. The molecule has 0 aromatic heterocycles. The van der Waals surface area contributed by atoms with Crippen molar-refractivity contribution in [2.75, 3.05) is 0 Å². The first kappa shape index (κ1) is 9.19. The molecule has 76 valence electrons. The highest BCUT2D eigenvalue weighted by molar-refractivity contribution is 6.25. The lowest BCUT2D eigenvalue weighted by atomic mass is 9.99. The second-order valence-electron chi connectivity index (χ2n) is 2.90.